The number of rotatable bonds is 11. The van der Waals surface area contributed by atoms with E-state index in [0.29, 0.717) is 32.6 Å². The van der Waals surface area contributed by atoms with E-state index in [0.717, 1.165) is 0 Å². The molecule has 0 aliphatic rings. The number of aryl methyl sites for hydroxylation is 2. The van der Waals surface area contributed by atoms with Gasteiger partial charge in [0.05, 0.1) is 6.61 Å². The van der Waals surface area contributed by atoms with Crippen LogP contribution in [-0.2, 0) is 15.1 Å². The van der Waals surface area contributed by atoms with E-state index in [1.807, 2.05) is 12.1 Å². The second-order valence-electron chi connectivity index (χ2n) is 9.00. The summed E-state index contributed by atoms with van der Waals surface area (Å²) >= 11 is 12.1. The fourth-order valence-corrected chi connectivity index (χ4v) is 4.93. The van der Waals surface area contributed by atoms with Gasteiger partial charge in [0.1, 0.15) is 0 Å². The van der Waals surface area contributed by atoms with E-state index >= 15 is 0 Å². The molecule has 10 heteroatoms. The van der Waals surface area contributed by atoms with Crippen molar-refractivity contribution in [1.29, 1.82) is 0 Å². The zero-order chi connectivity index (χ0) is 28.7. The number of aliphatic carboxylic acids is 1. The summed E-state index contributed by atoms with van der Waals surface area (Å²) in [5, 5.41) is 13.9. The summed E-state index contributed by atoms with van der Waals surface area (Å²) in [5.41, 5.74) is 0.965. The molecule has 1 heterocycles. The number of halogens is 2. The largest absolute Gasteiger partial charge is 0.478 e. The third-order valence-electron chi connectivity index (χ3n) is 6.03. The van der Waals surface area contributed by atoms with Crippen molar-refractivity contribution >= 4 is 35.1 Å². The number of hydrogen-bond donors (Lipinski definition) is 2. The number of hydrogen-bond acceptors (Lipinski definition) is 6. The minimum Gasteiger partial charge on any atom is -0.478 e. The van der Waals surface area contributed by atoms with Gasteiger partial charge in [0, 0.05) is 33.5 Å². The van der Waals surface area contributed by atoms with Gasteiger partial charge in [-0.3, -0.25) is 4.79 Å². The molecular formula is C30H27Cl2N3O5. The maximum atomic E-state index is 12.9. The lowest BCUT2D eigenvalue weighted by atomic mass is 9.81. The number of carbonyl (C=O) groups excluding carboxylic acids is 1. The summed E-state index contributed by atoms with van der Waals surface area (Å²) in [7, 11) is 0. The second kappa shape index (κ2) is 12.9. The number of aromatic nitrogens is 2. The van der Waals surface area contributed by atoms with Crippen LogP contribution < -0.4 is 10.1 Å². The summed E-state index contributed by atoms with van der Waals surface area (Å²) < 4.78 is 12.5. The van der Waals surface area contributed by atoms with Crippen LogP contribution in [0, 0.1) is 13.8 Å². The van der Waals surface area contributed by atoms with Crippen molar-refractivity contribution in [3.05, 3.63) is 123 Å². The van der Waals surface area contributed by atoms with Gasteiger partial charge < -0.3 is 19.9 Å². The first-order valence-electron chi connectivity index (χ1n) is 12.4. The Morgan fingerprint density at radius 2 is 1.40 bits per heavy atom. The molecule has 4 rings (SSSR count). The third kappa shape index (κ3) is 6.77. The quantitative estimate of drug-likeness (QED) is 0.222. The lowest BCUT2D eigenvalue weighted by Gasteiger charge is -2.39. The van der Waals surface area contributed by atoms with E-state index in [1.165, 1.54) is 18.2 Å². The minimum absolute atomic E-state index is 0.0524. The molecule has 0 saturated heterocycles. The van der Waals surface area contributed by atoms with Crippen LogP contribution in [0.3, 0.4) is 0 Å². The SMILES string of the molecule is Cc1cc(C)nc(OC(C(=O)O)C(OCCNC(=O)c2cc(Cl)cc(Cl)c2)(c2ccccc2)c2ccccc2)n1. The van der Waals surface area contributed by atoms with Crippen LogP contribution >= 0.6 is 23.2 Å². The first-order valence-corrected chi connectivity index (χ1v) is 13.2. The lowest BCUT2D eigenvalue weighted by molar-refractivity contribution is -0.164. The highest BCUT2D eigenvalue weighted by Gasteiger charge is 2.50. The molecule has 1 amide bonds. The third-order valence-corrected chi connectivity index (χ3v) is 6.46. The Bertz CT molecular complexity index is 1410. The van der Waals surface area contributed by atoms with Gasteiger partial charge in [-0.2, -0.15) is 0 Å². The predicted octanol–water partition coefficient (Wildman–Crippen LogP) is 5.62. The molecule has 0 radical (unpaired) electrons. The van der Waals surface area contributed by atoms with E-state index in [-0.39, 0.29) is 24.7 Å². The molecule has 40 heavy (non-hydrogen) atoms. The van der Waals surface area contributed by atoms with Crippen LogP contribution in [-0.4, -0.2) is 46.2 Å². The summed E-state index contributed by atoms with van der Waals surface area (Å²) in [6.07, 6.45) is -1.60. The number of carboxylic acid groups (broad SMARTS) is 1. The molecule has 1 atom stereocenters. The number of carboxylic acids is 1. The fourth-order valence-electron chi connectivity index (χ4n) is 4.41. The highest BCUT2D eigenvalue weighted by Crippen LogP contribution is 2.39. The van der Waals surface area contributed by atoms with Gasteiger partial charge >= 0.3 is 12.0 Å². The van der Waals surface area contributed by atoms with E-state index in [2.05, 4.69) is 15.3 Å². The Labute approximate surface area is 241 Å². The van der Waals surface area contributed by atoms with Crippen molar-refractivity contribution in [1.82, 2.24) is 15.3 Å². The minimum atomic E-state index is -1.64. The van der Waals surface area contributed by atoms with E-state index in [4.69, 9.17) is 32.7 Å². The highest BCUT2D eigenvalue weighted by atomic mass is 35.5. The molecule has 1 unspecified atom stereocenters. The summed E-state index contributed by atoms with van der Waals surface area (Å²) in [5.74, 6) is -1.69. The van der Waals surface area contributed by atoms with Gasteiger partial charge in [0.25, 0.3) is 5.91 Å². The predicted molar refractivity (Wildman–Crippen MR) is 152 cm³/mol. The molecule has 0 spiro atoms. The van der Waals surface area contributed by atoms with Gasteiger partial charge in [-0.1, -0.05) is 83.9 Å². The standard InChI is InChI=1S/C30H27Cl2N3O5/c1-19-15-20(2)35-29(34-19)40-26(28(37)38)30(22-9-5-3-6-10-22,23-11-7-4-8-12-23)39-14-13-33-27(36)21-16-24(31)18-25(32)17-21/h3-12,15-18,26H,13-14H2,1-2H3,(H,33,36)(H,37,38). The molecule has 0 saturated carbocycles. The zero-order valence-electron chi connectivity index (χ0n) is 21.8. The van der Waals surface area contributed by atoms with Crippen LogP contribution in [0.4, 0.5) is 0 Å². The van der Waals surface area contributed by atoms with E-state index < -0.39 is 23.6 Å². The van der Waals surface area contributed by atoms with Crippen LogP contribution in [0.15, 0.2) is 84.9 Å². The molecule has 8 nitrogen and oxygen atoms in total. The molecule has 0 bridgehead atoms. The van der Waals surface area contributed by atoms with E-state index in [1.54, 1.807) is 68.4 Å². The Morgan fingerprint density at radius 1 is 0.875 bits per heavy atom. The molecule has 3 aromatic carbocycles. The van der Waals surface area contributed by atoms with Gasteiger partial charge in [-0.15, -0.1) is 0 Å². The van der Waals surface area contributed by atoms with E-state index in [9.17, 15) is 14.7 Å². The summed E-state index contributed by atoms with van der Waals surface area (Å²) in [4.78, 5) is 34.2. The van der Waals surface area contributed by atoms with Gasteiger partial charge in [0.15, 0.2) is 5.60 Å². The Balaban J connectivity index is 1.71. The van der Waals surface area contributed by atoms with Crippen LogP contribution in [0.1, 0.15) is 32.9 Å². The van der Waals surface area contributed by atoms with Gasteiger partial charge in [0.2, 0.25) is 6.10 Å². The Hall–Kier alpha value is -3.98. The monoisotopic (exact) mass is 579 g/mol. The van der Waals surface area contributed by atoms with Gasteiger partial charge in [-0.25, -0.2) is 14.8 Å². The van der Waals surface area contributed by atoms with Gasteiger partial charge in [-0.05, 0) is 49.2 Å². The topological polar surface area (TPSA) is 111 Å². The fraction of sp³-hybridized carbons (Fsp3) is 0.200. The molecule has 4 aromatic rings. The molecular weight excluding hydrogens is 553 g/mol. The molecule has 0 aliphatic carbocycles. The first kappa shape index (κ1) is 29.0. The molecule has 2 N–H and O–H groups in total. The number of nitrogens with one attached hydrogen (secondary N) is 1. The number of carbonyl (C=O) groups is 2. The van der Waals surface area contributed by atoms with Crippen LogP contribution in [0.25, 0.3) is 0 Å². The normalized spacial score (nSPS) is 12.0. The number of ether oxygens (including phenoxy) is 2. The number of benzene rings is 3. The van der Waals surface area contributed by atoms with Crippen molar-refractivity contribution in [2.24, 2.45) is 0 Å². The highest BCUT2D eigenvalue weighted by molar-refractivity contribution is 6.35. The Kier molecular flexibility index (Phi) is 9.37. The molecule has 0 aliphatic heterocycles. The zero-order valence-corrected chi connectivity index (χ0v) is 23.3. The maximum Gasteiger partial charge on any atom is 0.348 e. The lowest BCUT2D eigenvalue weighted by Crippen LogP contribution is -2.52. The second-order valence-corrected chi connectivity index (χ2v) is 9.87. The van der Waals surface area contributed by atoms with Crippen molar-refractivity contribution in [3.8, 4) is 6.01 Å². The molecule has 1 aromatic heterocycles. The van der Waals surface area contributed by atoms with Crippen LogP contribution in [0.2, 0.25) is 10.0 Å². The van der Waals surface area contributed by atoms with Crippen molar-refractivity contribution in [2.75, 3.05) is 13.2 Å². The van der Waals surface area contributed by atoms with Crippen molar-refractivity contribution in [3.63, 3.8) is 0 Å². The number of amides is 1. The molecule has 0 fully saturated rings. The summed E-state index contributed by atoms with van der Waals surface area (Å²) in [6, 6.07) is 24.0. The van der Waals surface area contributed by atoms with Crippen molar-refractivity contribution < 1.29 is 24.2 Å². The smallest absolute Gasteiger partial charge is 0.348 e. The average molecular weight is 580 g/mol. The Morgan fingerprint density at radius 3 is 1.90 bits per heavy atom. The number of nitrogens with zero attached hydrogens (tertiary/aromatic N) is 2. The average Bonchev–Trinajstić information content (AvgIpc) is 2.92. The summed E-state index contributed by atoms with van der Waals surface area (Å²) in [6.45, 7) is 3.53. The van der Waals surface area contributed by atoms with Crippen molar-refractivity contribution in [2.45, 2.75) is 25.6 Å². The molecule has 206 valence electrons. The van der Waals surface area contributed by atoms with Crippen LogP contribution in [0.5, 0.6) is 6.01 Å². The first-order chi connectivity index (χ1) is 19.2. The maximum absolute atomic E-state index is 12.9.